The minimum absolute atomic E-state index is 0.0371. The zero-order valence-electron chi connectivity index (χ0n) is 13.7. The third kappa shape index (κ3) is 3.37. The molecule has 2 aromatic rings. The minimum Gasteiger partial charge on any atom is -0.348 e. The maximum absolute atomic E-state index is 12.8. The van der Waals surface area contributed by atoms with Crippen molar-refractivity contribution in [2.45, 2.75) is 38.9 Å². The van der Waals surface area contributed by atoms with Crippen molar-refractivity contribution in [2.24, 2.45) is 0 Å². The van der Waals surface area contributed by atoms with Gasteiger partial charge in [-0.15, -0.1) is 0 Å². The van der Waals surface area contributed by atoms with Crippen molar-refractivity contribution in [3.63, 3.8) is 0 Å². The second kappa shape index (κ2) is 5.93. The SMILES string of the molecule is CC(C)(C)NC(=O)N1CCn2cccc2C1c1ccc(Cl)cc1. The van der Waals surface area contributed by atoms with Gasteiger partial charge in [0.25, 0.3) is 0 Å². The third-order valence-electron chi connectivity index (χ3n) is 3.97. The van der Waals surface area contributed by atoms with Crippen molar-refractivity contribution in [2.75, 3.05) is 6.54 Å². The van der Waals surface area contributed by atoms with Gasteiger partial charge in [-0.25, -0.2) is 4.79 Å². The molecule has 0 spiro atoms. The van der Waals surface area contributed by atoms with Crippen LogP contribution in [0.1, 0.15) is 38.1 Å². The van der Waals surface area contributed by atoms with Crippen LogP contribution in [0.2, 0.25) is 5.02 Å². The Kier molecular flexibility index (Phi) is 4.11. The first-order valence-electron chi connectivity index (χ1n) is 7.84. The Bertz CT molecular complexity index is 700. The van der Waals surface area contributed by atoms with Gasteiger partial charge < -0.3 is 14.8 Å². The first-order chi connectivity index (χ1) is 10.8. The van der Waals surface area contributed by atoms with E-state index in [1.807, 2.05) is 56.0 Å². The van der Waals surface area contributed by atoms with E-state index in [9.17, 15) is 4.79 Å². The van der Waals surface area contributed by atoms with E-state index in [1.165, 1.54) is 0 Å². The summed E-state index contributed by atoms with van der Waals surface area (Å²) in [6.45, 7) is 7.47. The van der Waals surface area contributed by atoms with Gasteiger partial charge in [0.15, 0.2) is 0 Å². The molecule has 23 heavy (non-hydrogen) atoms. The highest BCUT2D eigenvalue weighted by atomic mass is 35.5. The van der Waals surface area contributed by atoms with E-state index in [2.05, 4.69) is 22.1 Å². The molecule has 1 unspecified atom stereocenters. The van der Waals surface area contributed by atoms with Crippen LogP contribution in [0, 0.1) is 0 Å². The van der Waals surface area contributed by atoms with E-state index in [-0.39, 0.29) is 17.6 Å². The molecule has 2 amide bonds. The molecule has 1 aliphatic rings. The summed E-state index contributed by atoms with van der Waals surface area (Å²) in [5, 5.41) is 3.77. The zero-order chi connectivity index (χ0) is 16.6. The molecule has 0 fully saturated rings. The Morgan fingerprint density at radius 1 is 1.17 bits per heavy atom. The van der Waals surface area contributed by atoms with Crippen LogP contribution < -0.4 is 5.32 Å². The molecule has 122 valence electrons. The number of fused-ring (bicyclic) bond motifs is 1. The molecule has 5 heteroatoms. The number of carbonyl (C=O) groups excluding carboxylic acids is 1. The molecule has 1 aliphatic heterocycles. The lowest BCUT2D eigenvalue weighted by molar-refractivity contribution is 0.161. The van der Waals surface area contributed by atoms with Gasteiger partial charge in [-0.1, -0.05) is 23.7 Å². The first-order valence-corrected chi connectivity index (χ1v) is 8.22. The van der Waals surface area contributed by atoms with Crippen molar-refractivity contribution >= 4 is 17.6 Å². The number of benzene rings is 1. The molecule has 0 bridgehead atoms. The molecule has 0 aliphatic carbocycles. The summed E-state index contributed by atoms with van der Waals surface area (Å²) in [4.78, 5) is 14.7. The summed E-state index contributed by atoms with van der Waals surface area (Å²) in [6.07, 6.45) is 2.07. The van der Waals surface area contributed by atoms with Gasteiger partial charge in [-0.3, -0.25) is 0 Å². The number of nitrogens with one attached hydrogen (secondary N) is 1. The van der Waals surface area contributed by atoms with Gasteiger partial charge in [0, 0.05) is 35.5 Å². The number of amides is 2. The molecule has 4 nitrogen and oxygen atoms in total. The predicted molar refractivity (Wildman–Crippen MR) is 92.7 cm³/mol. The number of hydrogen-bond acceptors (Lipinski definition) is 1. The van der Waals surface area contributed by atoms with Crippen LogP contribution in [-0.2, 0) is 6.54 Å². The predicted octanol–water partition coefficient (Wildman–Crippen LogP) is 4.05. The lowest BCUT2D eigenvalue weighted by Gasteiger charge is -2.39. The molecular weight excluding hydrogens is 310 g/mol. The van der Waals surface area contributed by atoms with E-state index in [0.29, 0.717) is 11.6 Å². The van der Waals surface area contributed by atoms with Crippen molar-refractivity contribution in [3.05, 3.63) is 58.9 Å². The number of aromatic nitrogens is 1. The van der Waals surface area contributed by atoms with Crippen LogP contribution >= 0.6 is 11.6 Å². The van der Waals surface area contributed by atoms with Crippen molar-refractivity contribution in [3.8, 4) is 0 Å². The number of rotatable bonds is 1. The van der Waals surface area contributed by atoms with Gasteiger partial charge in [-0.2, -0.15) is 0 Å². The smallest absolute Gasteiger partial charge is 0.318 e. The quantitative estimate of drug-likeness (QED) is 0.840. The molecule has 0 saturated heterocycles. The number of hydrogen-bond donors (Lipinski definition) is 1. The first kappa shape index (κ1) is 15.9. The largest absolute Gasteiger partial charge is 0.348 e. The highest BCUT2D eigenvalue weighted by Crippen LogP contribution is 2.33. The fraction of sp³-hybridized carbons (Fsp3) is 0.389. The number of halogens is 1. The highest BCUT2D eigenvalue weighted by Gasteiger charge is 2.33. The number of nitrogens with zero attached hydrogens (tertiary/aromatic N) is 2. The Labute approximate surface area is 142 Å². The Morgan fingerprint density at radius 3 is 2.52 bits per heavy atom. The van der Waals surface area contributed by atoms with Crippen LogP contribution in [0.15, 0.2) is 42.6 Å². The summed E-state index contributed by atoms with van der Waals surface area (Å²) in [5.74, 6) is 0. The number of carbonyl (C=O) groups is 1. The summed E-state index contributed by atoms with van der Waals surface area (Å²) >= 11 is 6.02. The Hall–Kier alpha value is -1.94. The third-order valence-corrected chi connectivity index (χ3v) is 4.22. The fourth-order valence-corrected chi connectivity index (χ4v) is 3.12. The van der Waals surface area contributed by atoms with Gasteiger partial charge in [0.05, 0.1) is 6.04 Å². The highest BCUT2D eigenvalue weighted by molar-refractivity contribution is 6.30. The van der Waals surface area contributed by atoms with Crippen LogP contribution in [0.25, 0.3) is 0 Å². The van der Waals surface area contributed by atoms with Crippen molar-refractivity contribution in [1.82, 2.24) is 14.8 Å². The van der Waals surface area contributed by atoms with Gasteiger partial charge >= 0.3 is 6.03 Å². The molecule has 0 saturated carbocycles. The summed E-state index contributed by atoms with van der Waals surface area (Å²) in [7, 11) is 0. The molecule has 1 N–H and O–H groups in total. The summed E-state index contributed by atoms with van der Waals surface area (Å²) < 4.78 is 2.21. The van der Waals surface area contributed by atoms with Gasteiger partial charge in [0.2, 0.25) is 0 Å². The normalized spacial score (nSPS) is 17.7. The molecule has 3 rings (SSSR count). The summed E-state index contributed by atoms with van der Waals surface area (Å²) in [5.41, 5.74) is 1.93. The fourth-order valence-electron chi connectivity index (χ4n) is 2.99. The van der Waals surface area contributed by atoms with E-state index < -0.39 is 0 Å². The zero-order valence-corrected chi connectivity index (χ0v) is 14.5. The average molecular weight is 332 g/mol. The van der Waals surface area contributed by atoms with Crippen LogP contribution in [0.5, 0.6) is 0 Å². The van der Waals surface area contributed by atoms with Gasteiger partial charge in [0.1, 0.15) is 0 Å². The molecule has 1 atom stereocenters. The lowest BCUT2D eigenvalue weighted by atomic mass is 10.00. The second-order valence-corrected chi connectivity index (χ2v) is 7.39. The lowest BCUT2D eigenvalue weighted by Crippen LogP contribution is -2.52. The van der Waals surface area contributed by atoms with E-state index in [0.717, 1.165) is 17.8 Å². The molecular formula is C18H22ClN3O. The Balaban J connectivity index is 1.98. The molecule has 0 radical (unpaired) electrons. The van der Waals surface area contributed by atoms with Crippen LogP contribution in [-0.4, -0.2) is 27.6 Å². The molecule has 2 heterocycles. The van der Waals surface area contributed by atoms with Crippen LogP contribution in [0.4, 0.5) is 4.79 Å². The van der Waals surface area contributed by atoms with E-state index >= 15 is 0 Å². The Morgan fingerprint density at radius 2 is 1.87 bits per heavy atom. The van der Waals surface area contributed by atoms with Gasteiger partial charge in [-0.05, 0) is 50.6 Å². The van der Waals surface area contributed by atoms with Crippen molar-refractivity contribution in [1.29, 1.82) is 0 Å². The second-order valence-electron chi connectivity index (χ2n) is 6.95. The monoisotopic (exact) mass is 331 g/mol. The molecule has 1 aromatic carbocycles. The topological polar surface area (TPSA) is 37.3 Å². The van der Waals surface area contributed by atoms with E-state index in [1.54, 1.807) is 0 Å². The van der Waals surface area contributed by atoms with Crippen molar-refractivity contribution < 1.29 is 4.79 Å². The standard InChI is InChI=1S/C18H22ClN3O/c1-18(2,3)20-17(23)22-12-11-21-10-4-5-15(21)16(22)13-6-8-14(19)9-7-13/h4-10,16H,11-12H2,1-3H3,(H,20,23). The average Bonchev–Trinajstić information content (AvgIpc) is 2.93. The molecule has 1 aromatic heterocycles. The van der Waals surface area contributed by atoms with E-state index in [4.69, 9.17) is 11.6 Å². The number of urea groups is 1. The maximum atomic E-state index is 12.8. The summed E-state index contributed by atoms with van der Waals surface area (Å²) in [6, 6.07) is 11.7. The maximum Gasteiger partial charge on any atom is 0.318 e. The van der Waals surface area contributed by atoms with Crippen LogP contribution in [0.3, 0.4) is 0 Å². The minimum atomic E-state index is -0.263.